The fourth-order valence-electron chi connectivity index (χ4n) is 2.92. The Morgan fingerprint density at radius 3 is 2.44 bits per heavy atom. The highest BCUT2D eigenvalue weighted by Gasteiger charge is 2.73. The molecule has 3 atom stereocenters. The largest absolute Gasteiger partial charge is 0.371 e. The van der Waals surface area contributed by atoms with Crippen molar-refractivity contribution in [3.05, 3.63) is 35.4 Å². The molecule has 1 saturated heterocycles. The minimum atomic E-state index is -1.04. The van der Waals surface area contributed by atoms with Crippen LogP contribution >= 0.6 is 0 Å². The molecule has 1 aliphatic carbocycles. The van der Waals surface area contributed by atoms with Crippen LogP contribution in [0.4, 0.5) is 0 Å². The van der Waals surface area contributed by atoms with Crippen molar-refractivity contribution in [1.29, 1.82) is 0 Å². The molecule has 0 radical (unpaired) electrons. The minimum absolute atomic E-state index is 0.0233. The van der Waals surface area contributed by atoms with Crippen molar-refractivity contribution in [1.82, 2.24) is 5.32 Å². The quantitative estimate of drug-likeness (QED) is 0.740. The molecule has 3 unspecified atom stereocenters. The fraction of sp³-hybridized carbons (Fsp3) is 0.462. The lowest BCUT2D eigenvalue weighted by molar-refractivity contribution is -0.125. The highest BCUT2D eigenvalue weighted by atomic mass is 16.3. The Bertz CT molecular complexity index is 463. The average molecular weight is 217 g/mol. The maximum atomic E-state index is 12.0. The Kier molecular flexibility index (Phi) is 1.64. The molecule has 0 bridgehead atoms. The predicted octanol–water partition coefficient (Wildman–Crippen LogP) is 1.09. The third-order valence-corrected chi connectivity index (χ3v) is 3.98. The molecule has 1 amide bonds. The molecule has 3 rings (SSSR count). The van der Waals surface area contributed by atoms with Crippen molar-refractivity contribution in [3.63, 3.8) is 0 Å². The summed E-state index contributed by atoms with van der Waals surface area (Å²) in [7, 11) is 0. The minimum Gasteiger partial charge on any atom is -0.371 e. The Morgan fingerprint density at radius 1 is 1.38 bits per heavy atom. The summed E-state index contributed by atoms with van der Waals surface area (Å²) >= 11 is 0. The molecule has 2 N–H and O–H groups in total. The zero-order valence-corrected chi connectivity index (χ0v) is 9.45. The molecule has 3 heteroatoms. The molecule has 2 aliphatic rings. The number of hydrogen-bond acceptors (Lipinski definition) is 2. The van der Waals surface area contributed by atoms with Crippen molar-refractivity contribution < 1.29 is 9.90 Å². The van der Waals surface area contributed by atoms with E-state index < -0.39 is 11.1 Å². The van der Waals surface area contributed by atoms with Gasteiger partial charge in [0.25, 0.3) is 0 Å². The van der Waals surface area contributed by atoms with Gasteiger partial charge in [-0.3, -0.25) is 4.79 Å². The lowest BCUT2D eigenvalue weighted by atomic mass is 9.92. The van der Waals surface area contributed by atoms with Gasteiger partial charge in [0.15, 0.2) is 0 Å². The van der Waals surface area contributed by atoms with Gasteiger partial charge in [-0.25, -0.2) is 0 Å². The maximum absolute atomic E-state index is 12.0. The summed E-state index contributed by atoms with van der Waals surface area (Å²) in [4.78, 5) is 12.0. The van der Waals surface area contributed by atoms with Crippen molar-refractivity contribution in [2.75, 3.05) is 0 Å². The first-order chi connectivity index (χ1) is 7.47. The molecular weight excluding hydrogens is 202 g/mol. The van der Waals surface area contributed by atoms with E-state index in [9.17, 15) is 9.90 Å². The number of nitrogens with one attached hydrogen (secondary N) is 1. The number of piperidine rings is 1. The van der Waals surface area contributed by atoms with E-state index in [0.717, 1.165) is 12.0 Å². The average Bonchev–Trinajstić information content (AvgIpc) is 2.91. The van der Waals surface area contributed by atoms with E-state index in [1.54, 1.807) is 6.92 Å². The molecule has 2 fully saturated rings. The molecule has 1 saturated carbocycles. The summed E-state index contributed by atoms with van der Waals surface area (Å²) in [6.07, 6.45) is 0.759. The van der Waals surface area contributed by atoms with E-state index in [1.165, 1.54) is 5.56 Å². The molecule has 0 spiro atoms. The maximum Gasteiger partial charge on any atom is 0.233 e. The van der Waals surface area contributed by atoms with Crippen molar-refractivity contribution in [2.24, 2.45) is 5.92 Å². The third kappa shape index (κ3) is 1.04. The highest BCUT2D eigenvalue weighted by Crippen LogP contribution is 2.62. The first-order valence-electron chi connectivity index (χ1n) is 5.59. The van der Waals surface area contributed by atoms with Crippen LogP contribution in [0.1, 0.15) is 24.5 Å². The summed E-state index contributed by atoms with van der Waals surface area (Å²) in [5.74, 6) is -0.0124. The van der Waals surface area contributed by atoms with Gasteiger partial charge in [0.2, 0.25) is 5.91 Å². The summed E-state index contributed by atoms with van der Waals surface area (Å²) < 4.78 is 0. The van der Waals surface area contributed by atoms with Gasteiger partial charge in [0.05, 0.1) is 5.41 Å². The zero-order valence-electron chi connectivity index (χ0n) is 9.45. The number of hydrogen-bond donors (Lipinski definition) is 2. The zero-order chi connectivity index (χ0) is 11.6. The van der Waals surface area contributed by atoms with Crippen molar-refractivity contribution >= 4 is 5.91 Å². The molecular formula is C13H15NO2. The second-order valence-corrected chi connectivity index (χ2v) is 5.20. The van der Waals surface area contributed by atoms with E-state index >= 15 is 0 Å². The Hall–Kier alpha value is -1.35. The number of aryl methyl sites for hydroxylation is 1. The van der Waals surface area contributed by atoms with E-state index in [4.69, 9.17) is 0 Å². The SMILES string of the molecule is Cc1ccc(C23CC2C(C)(O)NC3=O)cc1. The topological polar surface area (TPSA) is 49.3 Å². The summed E-state index contributed by atoms with van der Waals surface area (Å²) in [5, 5.41) is 12.7. The number of benzene rings is 1. The van der Waals surface area contributed by atoms with Gasteiger partial charge in [-0.1, -0.05) is 29.8 Å². The van der Waals surface area contributed by atoms with E-state index in [1.807, 2.05) is 31.2 Å². The number of aliphatic hydroxyl groups is 1. The third-order valence-electron chi connectivity index (χ3n) is 3.98. The van der Waals surface area contributed by atoms with E-state index in [-0.39, 0.29) is 11.8 Å². The van der Waals surface area contributed by atoms with Gasteiger partial charge in [-0.2, -0.15) is 0 Å². The van der Waals surface area contributed by atoms with Crippen LogP contribution in [-0.2, 0) is 10.2 Å². The van der Waals surface area contributed by atoms with Crippen LogP contribution in [-0.4, -0.2) is 16.7 Å². The van der Waals surface area contributed by atoms with Gasteiger partial charge in [0.1, 0.15) is 5.72 Å². The van der Waals surface area contributed by atoms with Gasteiger partial charge < -0.3 is 10.4 Å². The number of carbonyl (C=O) groups is 1. The number of rotatable bonds is 1. The van der Waals surface area contributed by atoms with Crippen LogP contribution in [0.5, 0.6) is 0 Å². The predicted molar refractivity (Wildman–Crippen MR) is 59.7 cm³/mol. The Balaban J connectivity index is 2.04. The monoisotopic (exact) mass is 217 g/mol. The summed E-state index contributed by atoms with van der Waals surface area (Å²) in [5.41, 5.74) is 0.708. The lowest BCUT2D eigenvalue weighted by Crippen LogP contribution is -2.42. The standard InChI is InChI=1S/C13H15NO2/c1-8-3-5-9(6-4-8)13-7-10(13)12(2,16)14-11(13)15/h3-6,10,16H,7H2,1-2H3,(H,14,15). The van der Waals surface area contributed by atoms with Crippen LogP contribution in [0.15, 0.2) is 24.3 Å². The number of fused-ring (bicyclic) bond motifs is 1. The van der Waals surface area contributed by atoms with E-state index in [0.29, 0.717) is 0 Å². The molecule has 16 heavy (non-hydrogen) atoms. The smallest absolute Gasteiger partial charge is 0.233 e. The van der Waals surface area contributed by atoms with Gasteiger partial charge in [0, 0.05) is 5.92 Å². The van der Waals surface area contributed by atoms with Crippen LogP contribution in [0.3, 0.4) is 0 Å². The van der Waals surface area contributed by atoms with Crippen LogP contribution in [0, 0.1) is 12.8 Å². The number of amides is 1. The Labute approximate surface area is 94.5 Å². The van der Waals surface area contributed by atoms with E-state index in [2.05, 4.69) is 5.32 Å². The first-order valence-corrected chi connectivity index (χ1v) is 5.59. The van der Waals surface area contributed by atoms with Crippen LogP contribution < -0.4 is 5.32 Å². The van der Waals surface area contributed by atoms with Gasteiger partial charge in [-0.05, 0) is 25.8 Å². The molecule has 3 nitrogen and oxygen atoms in total. The molecule has 84 valence electrons. The first kappa shape index (κ1) is 9.85. The van der Waals surface area contributed by atoms with Crippen molar-refractivity contribution in [2.45, 2.75) is 31.4 Å². The second kappa shape index (κ2) is 2.66. The summed E-state index contributed by atoms with van der Waals surface area (Å²) in [6.45, 7) is 3.70. The fourth-order valence-corrected chi connectivity index (χ4v) is 2.92. The van der Waals surface area contributed by atoms with Crippen LogP contribution in [0.2, 0.25) is 0 Å². The highest BCUT2D eigenvalue weighted by molar-refractivity contribution is 5.95. The molecule has 1 aromatic rings. The molecule has 1 aromatic carbocycles. The second-order valence-electron chi connectivity index (χ2n) is 5.20. The lowest BCUT2D eigenvalue weighted by Gasteiger charge is -2.18. The van der Waals surface area contributed by atoms with Crippen LogP contribution in [0.25, 0.3) is 0 Å². The van der Waals surface area contributed by atoms with Crippen molar-refractivity contribution in [3.8, 4) is 0 Å². The number of carbonyl (C=O) groups excluding carboxylic acids is 1. The molecule has 1 aliphatic heterocycles. The van der Waals surface area contributed by atoms with Gasteiger partial charge in [-0.15, -0.1) is 0 Å². The van der Waals surface area contributed by atoms with Gasteiger partial charge >= 0.3 is 0 Å². The normalized spacial score (nSPS) is 40.4. The molecule has 0 aromatic heterocycles. The Morgan fingerprint density at radius 2 is 2.00 bits per heavy atom. The molecule has 1 heterocycles. The summed E-state index contributed by atoms with van der Waals surface area (Å²) in [6, 6.07) is 8.02.